The number of benzene rings is 1. The molecule has 4 amide bonds. The summed E-state index contributed by atoms with van der Waals surface area (Å²) in [6.45, 7) is 0.362. The maximum absolute atomic E-state index is 13.4. The van der Waals surface area contributed by atoms with Crippen molar-refractivity contribution >= 4 is 40.5 Å². The SMILES string of the molecule is NCCCCC(NC(=O)C(N)CC(N)=O)C(=O)NC(Cc1cnc[nH]1)C(=O)NC(Cc1c[nH]c2ccccc12)C(=O)O. The number of aromatic amines is 2. The zero-order valence-corrected chi connectivity index (χ0v) is 23.0. The van der Waals surface area contributed by atoms with Crippen molar-refractivity contribution in [3.05, 3.63) is 54.2 Å². The molecule has 1 aromatic carbocycles. The van der Waals surface area contributed by atoms with Gasteiger partial charge in [-0.1, -0.05) is 18.2 Å². The molecule has 0 aliphatic rings. The van der Waals surface area contributed by atoms with Gasteiger partial charge in [-0.3, -0.25) is 19.2 Å². The van der Waals surface area contributed by atoms with Crippen LogP contribution in [0.2, 0.25) is 0 Å². The molecule has 2 aromatic heterocycles. The van der Waals surface area contributed by atoms with Crippen LogP contribution in [0.3, 0.4) is 0 Å². The van der Waals surface area contributed by atoms with Crippen molar-refractivity contribution in [3.8, 4) is 0 Å². The summed E-state index contributed by atoms with van der Waals surface area (Å²) in [5, 5.41) is 18.4. The molecule has 4 unspecified atom stereocenters. The number of carboxylic acid groups (broad SMARTS) is 1. The van der Waals surface area contributed by atoms with E-state index in [2.05, 4.69) is 30.9 Å². The Kier molecular flexibility index (Phi) is 11.6. The van der Waals surface area contributed by atoms with E-state index in [0.717, 1.165) is 10.9 Å². The highest BCUT2D eigenvalue weighted by Gasteiger charge is 2.31. The highest BCUT2D eigenvalue weighted by Crippen LogP contribution is 2.19. The summed E-state index contributed by atoms with van der Waals surface area (Å²) in [5.41, 5.74) is 18.5. The smallest absolute Gasteiger partial charge is 0.326 e. The number of aliphatic carboxylic acids is 1. The van der Waals surface area contributed by atoms with Crippen molar-refractivity contribution in [3.63, 3.8) is 0 Å². The molecule has 226 valence electrons. The van der Waals surface area contributed by atoms with E-state index in [4.69, 9.17) is 17.2 Å². The zero-order chi connectivity index (χ0) is 30.6. The van der Waals surface area contributed by atoms with Crippen LogP contribution < -0.4 is 33.2 Å². The Hall–Kier alpha value is -4.76. The standard InChI is InChI=1S/C27H37N9O6/c28-8-4-3-7-20(34-24(38)18(29)11-23(30)37)25(39)35-21(10-16-13-31-14-33-16)26(40)36-22(27(41)42)9-15-12-32-19-6-2-1-5-17(15)19/h1-2,5-6,12-14,18,20-22,32H,3-4,7-11,28-29H2,(H2,30,37)(H,31,33)(H,34,38)(H,35,39)(H,36,40)(H,41,42). The third-order valence-electron chi connectivity index (χ3n) is 6.66. The second-order valence-corrected chi connectivity index (χ2v) is 9.93. The number of hydrogen-bond acceptors (Lipinski definition) is 8. The number of rotatable bonds is 17. The number of nitrogens with two attached hydrogens (primary N) is 3. The minimum Gasteiger partial charge on any atom is -0.480 e. The highest BCUT2D eigenvalue weighted by molar-refractivity contribution is 5.95. The van der Waals surface area contributed by atoms with Crippen LogP contribution in [-0.4, -0.2) is 80.4 Å². The minimum absolute atomic E-state index is 0.00860. The number of fused-ring (bicyclic) bond motifs is 1. The van der Waals surface area contributed by atoms with E-state index < -0.39 is 60.2 Å². The lowest BCUT2D eigenvalue weighted by Crippen LogP contribution is -2.58. The Bertz CT molecular complexity index is 1370. The van der Waals surface area contributed by atoms with Crippen LogP contribution in [0.4, 0.5) is 0 Å². The predicted molar refractivity (Wildman–Crippen MR) is 152 cm³/mol. The van der Waals surface area contributed by atoms with Gasteiger partial charge in [-0.25, -0.2) is 9.78 Å². The number of carbonyl (C=O) groups excluding carboxylic acids is 4. The van der Waals surface area contributed by atoms with Crippen molar-refractivity contribution < 1.29 is 29.1 Å². The molecule has 0 saturated heterocycles. The van der Waals surface area contributed by atoms with Crippen LogP contribution >= 0.6 is 0 Å². The van der Waals surface area contributed by atoms with Crippen molar-refractivity contribution in [2.75, 3.05) is 6.54 Å². The fourth-order valence-corrected chi connectivity index (χ4v) is 4.44. The molecular weight excluding hydrogens is 546 g/mol. The van der Waals surface area contributed by atoms with E-state index in [-0.39, 0.29) is 19.3 Å². The van der Waals surface area contributed by atoms with Gasteiger partial charge in [-0.2, -0.15) is 0 Å². The molecular formula is C27H37N9O6. The summed E-state index contributed by atoms with van der Waals surface area (Å²) in [6.07, 6.45) is 5.31. The molecule has 0 aliphatic heterocycles. The molecule has 12 N–H and O–H groups in total. The lowest BCUT2D eigenvalue weighted by atomic mass is 10.0. The van der Waals surface area contributed by atoms with E-state index in [1.165, 1.54) is 12.5 Å². The molecule has 15 nitrogen and oxygen atoms in total. The van der Waals surface area contributed by atoms with Gasteiger partial charge in [0.2, 0.25) is 23.6 Å². The van der Waals surface area contributed by atoms with Gasteiger partial charge in [-0.15, -0.1) is 0 Å². The topological polar surface area (TPSA) is 264 Å². The Morgan fingerprint density at radius 3 is 2.26 bits per heavy atom. The third kappa shape index (κ3) is 9.14. The van der Waals surface area contributed by atoms with Gasteiger partial charge in [0.1, 0.15) is 18.1 Å². The molecule has 0 bridgehead atoms. The fourth-order valence-electron chi connectivity index (χ4n) is 4.44. The maximum atomic E-state index is 13.4. The van der Waals surface area contributed by atoms with E-state index in [1.807, 2.05) is 24.3 Å². The van der Waals surface area contributed by atoms with Crippen molar-refractivity contribution in [2.45, 2.75) is 62.7 Å². The molecule has 3 rings (SSSR count). The number of unbranched alkanes of at least 4 members (excludes halogenated alkanes) is 1. The monoisotopic (exact) mass is 583 g/mol. The van der Waals surface area contributed by atoms with Crippen molar-refractivity contribution in [1.82, 2.24) is 30.9 Å². The Morgan fingerprint density at radius 1 is 0.905 bits per heavy atom. The number of primary amides is 1. The lowest BCUT2D eigenvalue weighted by molar-refractivity contribution is -0.142. The van der Waals surface area contributed by atoms with Gasteiger partial charge >= 0.3 is 5.97 Å². The van der Waals surface area contributed by atoms with Gasteiger partial charge in [0, 0.05) is 41.8 Å². The number of carboxylic acids is 1. The third-order valence-corrected chi connectivity index (χ3v) is 6.66. The first-order valence-corrected chi connectivity index (χ1v) is 13.5. The Labute approximate surface area is 241 Å². The fraction of sp³-hybridized carbons (Fsp3) is 0.407. The number of nitrogens with zero attached hydrogens (tertiary/aromatic N) is 1. The second kappa shape index (κ2) is 15.3. The second-order valence-electron chi connectivity index (χ2n) is 9.93. The number of nitrogens with one attached hydrogen (secondary N) is 5. The normalized spacial score (nSPS) is 14.0. The quantitative estimate of drug-likeness (QED) is 0.0840. The van der Waals surface area contributed by atoms with Gasteiger partial charge in [0.25, 0.3) is 0 Å². The molecule has 4 atom stereocenters. The van der Waals surface area contributed by atoms with Crippen molar-refractivity contribution in [1.29, 1.82) is 0 Å². The number of H-pyrrole nitrogens is 2. The number of amides is 4. The van der Waals surface area contributed by atoms with Gasteiger partial charge < -0.3 is 48.2 Å². The molecule has 0 aliphatic carbocycles. The first-order chi connectivity index (χ1) is 20.1. The van der Waals surface area contributed by atoms with E-state index >= 15 is 0 Å². The van der Waals surface area contributed by atoms with Crippen LogP contribution in [0.5, 0.6) is 0 Å². The van der Waals surface area contributed by atoms with E-state index in [0.29, 0.717) is 30.6 Å². The van der Waals surface area contributed by atoms with Gasteiger partial charge in [-0.05, 0) is 37.4 Å². The zero-order valence-electron chi connectivity index (χ0n) is 23.0. The van der Waals surface area contributed by atoms with Crippen LogP contribution in [0.1, 0.15) is 36.9 Å². The largest absolute Gasteiger partial charge is 0.480 e. The summed E-state index contributed by atoms with van der Waals surface area (Å²) in [4.78, 5) is 72.6. The lowest BCUT2D eigenvalue weighted by Gasteiger charge is -2.25. The molecule has 0 radical (unpaired) electrons. The predicted octanol–water partition coefficient (Wildman–Crippen LogP) is -1.45. The minimum atomic E-state index is -1.30. The van der Waals surface area contributed by atoms with Crippen LogP contribution in [0.25, 0.3) is 10.9 Å². The summed E-state index contributed by atoms with van der Waals surface area (Å²) in [6, 6.07) is 2.47. The number of carbonyl (C=O) groups is 5. The average Bonchev–Trinajstić information content (AvgIpc) is 3.61. The van der Waals surface area contributed by atoms with Crippen LogP contribution in [0, 0.1) is 0 Å². The van der Waals surface area contributed by atoms with E-state index in [9.17, 15) is 29.1 Å². The molecule has 0 saturated carbocycles. The van der Waals surface area contributed by atoms with Gasteiger partial charge in [0.15, 0.2) is 0 Å². The average molecular weight is 584 g/mol. The molecule has 0 spiro atoms. The van der Waals surface area contributed by atoms with Crippen LogP contribution in [0.15, 0.2) is 43.0 Å². The molecule has 2 heterocycles. The van der Waals surface area contributed by atoms with Crippen molar-refractivity contribution in [2.24, 2.45) is 17.2 Å². The first kappa shape index (κ1) is 31.8. The van der Waals surface area contributed by atoms with Crippen LogP contribution in [-0.2, 0) is 36.8 Å². The number of imidazole rings is 1. The molecule has 0 fully saturated rings. The summed E-state index contributed by atoms with van der Waals surface area (Å²) < 4.78 is 0. The number of para-hydroxylation sites is 1. The van der Waals surface area contributed by atoms with E-state index in [1.54, 1.807) is 6.20 Å². The molecule has 42 heavy (non-hydrogen) atoms. The first-order valence-electron chi connectivity index (χ1n) is 13.5. The Morgan fingerprint density at radius 2 is 1.60 bits per heavy atom. The maximum Gasteiger partial charge on any atom is 0.326 e. The highest BCUT2D eigenvalue weighted by atomic mass is 16.4. The number of hydrogen-bond donors (Lipinski definition) is 9. The summed E-state index contributed by atoms with van der Waals surface area (Å²) in [7, 11) is 0. The molecule has 15 heteroatoms. The molecule has 3 aromatic rings. The summed E-state index contributed by atoms with van der Waals surface area (Å²) >= 11 is 0. The Balaban J connectivity index is 1.78. The summed E-state index contributed by atoms with van der Waals surface area (Å²) in [5.74, 6) is -4.24. The number of aromatic nitrogens is 3. The van der Waals surface area contributed by atoms with Gasteiger partial charge in [0.05, 0.1) is 18.8 Å².